The Morgan fingerprint density at radius 3 is 2.63 bits per heavy atom. The molecule has 0 saturated carbocycles. The normalized spacial score (nSPS) is 11.1. The molecule has 0 fully saturated rings. The number of hydrogen-bond acceptors (Lipinski definition) is 5. The molecule has 0 atom stereocenters. The van der Waals surface area contributed by atoms with Gasteiger partial charge < -0.3 is 20.1 Å². The van der Waals surface area contributed by atoms with Gasteiger partial charge in [-0.2, -0.15) is 0 Å². The number of methoxy groups -OCH3 is 1. The van der Waals surface area contributed by atoms with Crippen molar-refractivity contribution in [1.29, 1.82) is 0 Å². The molecular formula is C19H29IN4O2S. The van der Waals surface area contributed by atoms with Crippen LogP contribution in [0.3, 0.4) is 0 Å². The maximum absolute atomic E-state index is 5.63. The molecule has 0 amide bonds. The molecule has 0 aliphatic carbocycles. The van der Waals surface area contributed by atoms with Gasteiger partial charge in [0.25, 0.3) is 0 Å². The van der Waals surface area contributed by atoms with E-state index in [2.05, 4.69) is 39.8 Å². The zero-order chi connectivity index (χ0) is 18.9. The van der Waals surface area contributed by atoms with Gasteiger partial charge in [-0.05, 0) is 26.0 Å². The van der Waals surface area contributed by atoms with Crippen molar-refractivity contribution in [2.45, 2.75) is 40.2 Å². The molecule has 0 unspecified atom stereocenters. The number of rotatable bonds is 8. The van der Waals surface area contributed by atoms with E-state index in [1.165, 1.54) is 0 Å². The van der Waals surface area contributed by atoms with Gasteiger partial charge in [0.05, 0.1) is 31.0 Å². The van der Waals surface area contributed by atoms with Crippen molar-refractivity contribution in [3.05, 3.63) is 34.3 Å². The third-order valence-corrected chi connectivity index (χ3v) is 4.73. The summed E-state index contributed by atoms with van der Waals surface area (Å²) in [5.74, 6) is 2.57. The minimum absolute atomic E-state index is 0. The number of aromatic nitrogens is 1. The lowest BCUT2D eigenvalue weighted by Gasteiger charge is -2.14. The first kappa shape index (κ1) is 23.5. The Morgan fingerprint density at radius 2 is 2.04 bits per heavy atom. The van der Waals surface area contributed by atoms with Crippen LogP contribution in [-0.4, -0.2) is 31.2 Å². The van der Waals surface area contributed by atoms with Crippen LogP contribution >= 0.6 is 35.3 Å². The van der Waals surface area contributed by atoms with Crippen LogP contribution in [-0.2, 0) is 6.54 Å². The number of nitrogens with zero attached hydrogens (tertiary/aromatic N) is 2. The maximum Gasteiger partial charge on any atom is 0.196 e. The highest BCUT2D eigenvalue weighted by Gasteiger charge is 2.08. The van der Waals surface area contributed by atoms with Crippen molar-refractivity contribution in [2.24, 2.45) is 4.99 Å². The highest BCUT2D eigenvalue weighted by molar-refractivity contribution is 14.0. The molecular weight excluding hydrogens is 475 g/mol. The first-order valence-electron chi connectivity index (χ1n) is 8.87. The van der Waals surface area contributed by atoms with E-state index >= 15 is 0 Å². The molecule has 27 heavy (non-hydrogen) atoms. The average Bonchev–Trinajstić information content (AvgIpc) is 3.10. The van der Waals surface area contributed by atoms with Gasteiger partial charge in [-0.25, -0.2) is 9.98 Å². The molecule has 0 radical (unpaired) electrons. The summed E-state index contributed by atoms with van der Waals surface area (Å²) in [4.78, 5) is 9.27. The Kier molecular flexibility index (Phi) is 10.5. The minimum atomic E-state index is 0. The van der Waals surface area contributed by atoms with Gasteiger partial charge >= 0.3 is 0 Å². The number of thiazole rings is 1. The fourth-order valence-corrected chi connectivity index (χ4v) is 3.11. The Labute approximate surface area is 182 Å². The summed E-state index contributed by atoms with van der Waals surface area (Å²) in [5.41, 5.74) is 1.87. The molecule has 1 aromatic carbocycles. The van der Waals surface area contributed by atoms with Gasteiger partial charge in [0.2, 0.25) is 0 Å². The SMILES string of the molecule is CCNC(=NCc1csc(C(C)C)n1)Nc1ccc(OC)c(OCC)c1.I. The van der Waals surface area contributed by atoms with E-state index in [0.29, 0.717) is 36.5 Å². The van der Waals surface area contributed by atoms with Crippen LogP contribution in [0.25, 0.3) is 0 Å². The molecule has 150 valence electrons. The fraction of sp³-hybridized carbons (Fsp3) is 0.474. The molecule has 2 aromatic rings. The first-order valence-corrected chi connectivity index (χ1v) is 9.75. The smallest absolute Gasteiger partial charge is 0.196 e. The fourth-order valence-electron chi connectivity index (χ4n) is 2.29. The highest BCUT2D eigenvalue weighted by atomic mass is 127. The number of hydrogen-bond donors (Lipinski definition) is 2. The van der Waals surface area contributed by atoms with E-state index in [1.54, 1.807) is 18.4 Å². The van der Waals surface area contributed by atoms with Crippen molar-refractivity contribution in [2.75, 3.05) is 25.6 Å². The third-order valence-electron chi connectivity index (χ3n) is 3.53. The van der Waals surface area contributed by atoms with Crippen LogP contribution in [0.1, 0.15) is 44.3 Å². The van der Waals surface area contributed by atoms with E-state index in [4.69, 9.17) is 9.47 Å². The number of anilines is 1. The average molecular weight is 504 g/mol. The Balaban J connectivity index is 0.00000364. The topological polar surface area (TPSA) is 67.8 Å². The summed E-state index contributed by atoms with van der Waals surface area (Å²) >= 11 is 1.69. The molecule has 0 saturated heterocycles. The monoisotopic (exact) mass is 504 g/mol. The van der Waals surface area contributed by atoms with Crippen LogP contribution in [0.2, 0.25) is 0 Å². The second-order valence-corrected chi connectivity index (χ2v) is 6.84. The lowest BCUT2D eigenvalue weighted by Crippen LogP contribution is -2.30. The predicted octanol–water partition coefficient (Wildman–Crippen LogP) is 4.87. The number of nitrogens with one attached hydrogen (secondary N) is 2. The molecule has 1 heterocycles. The lowest BCUT2D eigenvalue weighted by molar-refractivity contribution is 0.311. The molecule has 8 heteroatoms. The van der Waals surface area contributed by atoms with Crippen molar-refractivity contribution in [1.82, 2.24) is 10.3 Å². The minimum Gasteiger partial charge on any atom is -0.493 e. The zero-order valence-electron chi connectivity index (χ0n) is 16.5. The van der Waals surface area contributed by atoms with E-state index in [1.807, 2.05) is 32.0 Å². The summed E-state index contributed by atoms with van der Waals surface area (Å²) in [6.45, 7) is 10.2. The lowest BCUT2D eigenvalue weighted by atomic mass is 10.2. The van der Waals surface area contributed by atoms with E-state index in [0.717, 1.165) is 22.9 Å². The Bertz CT molecular complexity index is 734. The molecule has 2 rings (SSSR count). The van der Waals surface area contributed by atoms with Crippen LogP contribution in [0.4, 0.5) is 5.69 Å². The van der Waals surface area contributed by atoms with Crippen LogP contribution in [0.15, 0.2) is 28.6 Å². The van der Waals surface area contributed by atoms with Gasteiger partial charge in [-0.3, -0.25) is 0 Å². The summed E-state index contributed by atoms with van der Waals surface area (Å²) in [6, 6.07) is 5.73. The first-order chi connectivity index (χ1) is 12.6. The second-order valence-electron chi connectivity index (χ2n) is 5.95. The summed E-state index contributed by atoms with van der Waals surface area (Å²) < 4.78 is 11.0. The molecule has 6 nitrogen and oxygen atoms in total. The van der Waals surface area contributed by atoms with E-state index in [-0.39, 0.29) is 24.0 Å². The highest BCUT2D eigenvalue weighted by Crippen LogP contribution is 2.30. The number of halogens is 1. The van der Waals surface area contributed by atoms with E-state index < -0.39 is 0 Å². The van der Waals surface area contributed by atoms with Gasteiger partial charge in [0.1, 0.15) is 0 Å². The number of guanidine groups is 1. The Hall–Kier alpha value is -1.55. The Morgan fingerprint density at radius 1 is 1.26 bits per heavy atom. The molecule has 2 N–H and O–H groups in total. The van der Waals surface area contributed by atoms with Gasteiger partial charge in [0, 0.05) is 29.6 Å². The number of benzene rings is 1. The van der Waals surface area contributed by atoms with Gasteiger partial charge in [0.15, 0.2) is 17.5 Å². The molecule has 1 aromatic heterocycles. The number of ether oxygens (including phenoxy) is 2. The van der Waals surface area contributed by atoms with Crippen LogP contribution < -0.4 is 20.1 Å². The summed E-state index contributed by atoms with van der Waals surface area (Å²) in [6.07, 6.45) is 0. The van der Waals surface area contributed by atoms with Gasteiger partial charge in [-0.1, -0.05) is 13.8 Å². The summed E-state index contributed by atoms with van der Waals surface area (Å²) in [7, 11) is 1.63. The maximum atomic E-state index is 5.63. The summed E-state index contributed by atoms with van der Waals surface area (Å²) in [5, 5.41) is 9.78. The third kappa shape index (κ3) is 7.17. The second kappa shape index (κ2) is 12.0. The van der Waals surface area contributed by atoms with Crippen molar-refractivity contribution in [3.8, 4) is 11.5 Å². The van der Waals surface area contributed by atoms with E-state index in [9.17, 15) is 0 Å². The molecule has 0 aliphatic rings. The van der Waals surface area contributed by atoms with Gasteiger partial charge in [-0.15, -0.1) is 35.3 Å². The van der Waals surface area contributed by atoms with Crippen LogP contribution in [0.5, 0.6) is 11.5 Å². The van der Waals surface area contributed by atoms with Crippen molar-refractivity contribution in [3.63, 3.8) is 0 Å². The largest absolute Gasteiger partial charge is 0.493 e. The predicted molar refractivity (Wildman–Crippen MR) is 124 cm³/mol. The van der Waals surface area contributed by atoms with Crippen molar-refractivity contribution < 1.29 is 9.47 Å². The number of aliphatic imine (C=N–C) groups is 1. The standard InChI is InChI=1S/C19H28N4O2S.HI/c1-6-20-19(21-11-15-12-26-18(22-15)13(3)4)23-14-8-9-16(24-5)17(10-14)25-7-2;/h8-10,12-13H,6-7,11H2,1-5H3,(H2,20,21,23);1H. The van der Waals surface area contributed by atoms with Crippen LogP contribution in [0, 0.1) is 0 Å². The molecule has 0 spiro atoms. The molecule has 0 bridgehead atoms. The zero-order valence-corrected chi connectivity index (χ0v) is 19.7. The molecule has 0 aliphatic heterocycles. The quantitative estimate of drug-likeness (QED) is 0.305. The van der Waals surface area contributed by atoms with Crippen molar-refractivity contribution >= 4 is 47.0 Å².